The van der Waals surface area contributed by atoms with Gasteiger partial charge in [-0.25, -0.2) is 0 Å². The first-order valence-corrected chi connectivity index (χ1v) is 12.4. The van der Waals surface area contributed by atoms with Crippen LogP contribution in [0.4, 0.5) is 11.4 Å². The first kappa shape index (κ1) is 25.3. The van der Waals surface area contributed by atoms with Crippen molar-refractivity contribution in [3.05, 3.63) is 71.9 Å². The maximum Gasteiger partial charge on any atom is 0.203 e. The van der Waals surface area contributed by atoms with Gasteiger partial charge in [0, 0.05) is 49.0 Å². The highest BCUT2D eigenvalue weighted by Gasteiger charge is 2.16. The van der Waals surface area contributed by atoms with Gasteiger partial charge in [-0.2, -0.15) is 5.26 Å². The topological polar surface area (TPSA) is 88.9 Å². The zero-order valence-electron chi connectivity index (χ0n) is 21.8. The van der Waals surface area contributed by atoms with E-state index in [2.05, 4.69) is 51.6 Å². The van der Waals surface area contributed by atoms with Gasteiger partial charge in [0.2, 0.25) is 5.75 Å². The van der Waals surface area contributed by atoms with Crippen molar-refractivity contribution in [3.63, 3.8) is 0 Å². The number of ether oxygens (including phenoxy) is 4. The number of fused-ring (bicyclic) bond motifs is 1. The number of benzene rings is 3. The first-order valence-electron chi connectivity index (χ1n) is 12.4. The van der Waals surface area contributed by atoms with Crippen LogP contribution in [0.25, 0.3) is 22.0 Å². The van der Waals surface area contributed by atoms with Gasteiger partial charge in [0.15, 0.2) is 11.5 Å². The minimum atomic E-state index is 0.437. The molecule has 4 aromatic rings. The molecule has 5 rings (SSSR count). The fourth-order valence-corrected chi connectivity index (χ4v) is 4.71. The summed E-state index contributed by atoms with van der Waals surface area (Å²) in [6.07, 6.45) is 1.60. The summed E-state index contributed by atoms with van der Waals surface area (Å²) in [6.45, 7) is 4.46. The van der Waals surface area contributed by atoms with Crippen LogP contribution in [0.3, 0.4) is 0 Å². The largest absolute Gasteiger partial charge is 0.493 e. The molecule has 194 valence electrons. The second-order valence-corrected chi connectivity index (χ2v) is 9.02. The molecule has 1 aliphatic heterocycles. The molecular weight excluding hydrogens is 480 g/mol. The highest BCUT2D eigenvalue weighted by Crippen LogP contribution is 2.41. The van der Waals surface area contributed by atoms with Crippen molar-refractivity contribution in [2.24, 2.45) is 0 Å². The highest BCUT2D eigenvalue weighted by molar-refractivity contribution is 5.98. The lowest BCUT2D eigenvalue weighted by molar-refractivity contribution is 0.0342. The lowest BCUT2D eigenvalue weighted by Crippen LogP contribution is -2.35. The minimum absolute atomic E-state index is 0.437. The van der Waals surface area contributed by atoms with E-state index in [0.717, 1.165) is 54.9 Å². The van der Waals surface area contributed by atoms with Crippen molar-refractivity contribution in [1.29, 1.82) is 5.26 Å². The number of morpholine rings is 1. The van der Waals surface area contributed by atoms with Crippen molar-refractivity contribution in [2.45, 2.75) is 6.54 Å². The van der Waals surface area contributed by atoms with E-state index in [0.29, 0.717) is 34.2 Å². The van der Waals surface area contributed by atoms with E-state index in [1.807, 2.05) is 24.3 Å². The number of nitrogens with one attached hydrogen (secondary N) is 1. The van der Waals surface area contributed by atoms with E-state index in [1.165, 1.54) is 5.56 Å². The van der Waals surface area contributed by atoms with E-state index in [9.17, 15) is 5.26 Å². The van der Waals surface area contributed by atoms with Gasteiger partial charge in [-0.3, -0.25) is 9.88 Å². The van der Waals surface area contributed by atoms with Gasteiger partial charge in [0.1, 0.15) is 6.07 Å². The Morgan fingerprint density at radius 3 is 2.24 bits per heavy atom. The van der Waals surface area contributed by atoms with Gasteiger partial charge in [-0.15, -0.1) is 0 Å². The Bertz CT molecular complexity index is 1450. The zero-order valence-corrected chi connectivity index (χ0v) is 21.8. The SMILES string of the molecule is COc1cc(Nc2c(C#N)cnc3cc(-c4ccc(CN5CCOCC5)cc4)ccc23)cc(OC)c1OC. The van der Waals surface area contributed by atoms with Crippen molar-refractivity contribution in [2.75, 3.05) is 52.9 Å². The summed E-state index contributed by atoms with van der Waals surface area (Å²) in [5, 5.41) is 14.0. The molecule has 0 amide bonds. The number of pyridine rings is 1. The molecule has 0 bridgehead atoms. The van der Waals surface area contributed by atoms with Gasteiger partial charge < -0.3 is 24.3 Å². The molecule has 0 aliphatic carbocycles. The van der Waals surface area contributed by atoms with Crippen LogP contribution in [-0.2, 0) is 11.3 Å². The Morgan fingerprint density at radius 2 is 1.61 bits per heavy atom. The molecule has 2 heterocycles. The lowest BCUT2D eigenvalue weighted by Gasteiger charge is -2.26. The quantitative estimate of drug-likeness (QED) is 0.338. The molecule has 1 fully saturated rings. The van der Waals surface area contributed by atoms with Gasteiger partial charge >= 0.3 is 0 Å². The fraction of sp³-hybridized carbons (Fsp3) is 0.267. The number of anilines is 2. The third kappa shape index (κ3) is 5.21. The first-order chi connectivity index (χ1) is 18.6. The number of hydrogen-bond donors (Lipinski definition) is 1. The molecule has 3 aromatic carbocycles. The van der Waals surface area contributed by atoms with Crippen LogP contribution in [-0.4, -0.2) is 57.5 Å². The Labute approximate surface area is 222 Å². The van der Waals surface area contributed by atoms with Crippen molar-refractivity contribution in [3.8, 4) is 34.4 Å². The molecule has 1 aromatic heterocycles. The van der Waals surface area contributed by atoms with Crippen LogP contribution in [0.1, 0.15) is 11.1 Å². The van der Waals surface area contributed by atoms with Gasteiger partial charge in [-0.1, -0.05) is 36.4 Å². The van der Waals surface area contributed by atoms with Crippen LogP contribution in [0.5, 0.6) is 17.2 Å². The standard InChI is InChI=1S/C30H30N4O4/c1-35-27-15-24(16-28(36-2)30(27)37-3)33-29-23(17-31)18-32-26-14-22(8-9-25(26)29)21-6-4-20(5-7-21)19-34-10-12-38-13-11-34/h4-9,14-16,18H,10-13,19H2,1-3H3,(H,32,33). The minimum Gasteiger partial charge on any atom is -0.493 e. The van der Waals surface area contributed by atoms with Crippen LogP contribution >= 0.6 is 0 Å². The van der Waals surface area contributed by atoms with Crippen molar-refractivity contribution < 1.29 is 18.9 Å². The zero-order chi connectivity index (χ0) is 26.5. The van der Waals surface area contributed by atoms with Gasteiger partial charge in [-0.05, 0) is 22.8 Å². The molecule has 1 aliphatic rings. The van der Waals surface area contributed by atoms with Crippen LogP contribution in [0.15, 0.2) is 60.8 Å². The fourth-order valence-electron chi connectivity index (χ4n) is 4.71. The van der Waals surface area contributed by atoms with Crippen LogP contribution < -0.4 is 19.5 Å². The normalized spacial score (nSPS) is 13.6. The molecule has 38 heavy (non-hydrogen) atoms. The van der Waals surface area contributed by atoms with Gasteiger partial charge in [0.25, 0.3) is 0 Å². The van der Waals surface area contributed by atoms with Crippen molar-refractivity contribution >= 4 is 22.3 Å². The molecule has 0 saturated carbocycles. The van der Waals surface area contributed by atoms with E-state index in [4.69, 9.17) is 18.9 Å². The number of hydrogen-bond acceptors (Lipinski definition) is 8. The number of nitriles is 1. The lowest BCUT2D eigenvalue weighted by atomic mass is 10.0. The summed E-state index contributed by atoms with van der Waals surface area (Å²) >= 11 is 0. The van der Waals surface area contributed by atoms with Gasteiger partial charge in [0.05, 0.1) is 51.3 Å². The summed E-state index contributed by atoms with van der Waals surface area (Å²) < 4.78 is 21.9. The highest BCUT2D eigenvalue weighted by atomic mass is 16.5. The average molecular weight is 511 g/mol. The molecule has 1 N–H and O–H groups in total. The monoisotopic (exact) mass is 510 g/mol. The van der Waals surface area contributed by atoms with E-state index < -0.39 is 0 Å². The Balaban J connectivity index is 1.45. The van der Waals surface area contributed by atoms with E-state index >= 15 is 0 Å². The Kier molecular flexibility index (Phi) is 7.59. The number of nitrogens with zero attached hydrogens (tertiary/aromatic N) is 3. The molecule has 0 unspecified atom stereocenters. The maximum atomic E-state index is 9.81. The van der Waals surface area contributed by atoms with Crippen LogP contribution in [0, 0.1) is 11.3 Å². The third-order valence-corrected chi connectivity index (χ3v) is 6.72. The smallest absolute Gasteiger partial charge is 0.203 e. The number of aromatic nitrogens is 1. The predicted molar refractivity (Wildman–Crippen MR) is 147 cm³/mol. The molecular formula is C30H30N4O4. The van der Waals surface area contributed by atoms with E-state index in [1.54, 1.807) is 27.5 Å². The predicted octanol–water partition coefficient (Wildman–Crippen LogP) is 5.38. The summed E-state index contributed by atoms with van der Waals surface area (Å²) in [6, 6.07) is 20.6. The Hall–Kier alpha value is -4.32. The number of methoxy groups -OCH3 is 3. The van der Waals surface area contributed by atoms with E-state index in [-0.39, 0.29) is 0 Å². The Morgan fingerprint density at radius 1 is 0.921 bits per heavy atom. The molecule has 8 heteroatoms. The van der Waals surface area contributed by atoms with Crippen LogP contribution in [0.2, 0.25) is 0 Å². The molecule has 0 spiro atoms. The average Bonchev–Trinajstić information content (AvgIpc) is 2.97. The third-order valence-electron chi connectivity index (χ3n) is 6.72. The second-order valence-electron chi connectivity index (χ2n) is 9.02. The summed E-state index contributed by atoms with van der Waals surface area (Å²) in [4.78, 5) is 6.99. The molecule has 0 radical (unpaired) electrons. The van der Waals surface area contributed by atoms with Crippen molar-refractivity contribution in [1.82, 2.24) is 9.88 Å². The molecule has 1 saturated heterocycles. The molecule has 8 nitrogen and oxygen atoms in total. The summed E-state index contributed by atoms with van der Waals surface area (Å²) in [7, 11) is 4.70. The maximum absolute atomic E-state index is 9.81. The number of rotatable bonds is 8. The summed E-state index contributed by atoms with van der Waals surface area (Å²) in [5.41, 5.74) is 6.04. The molecule has 0 atom stereocenters. The second kappa shape index (κ2) is 11.4. The summed E-state index contributed by atoms with van der Waals surface area (Å²) in [5.74, 6) is 1.54.